The van der Waals surface area contributed by atoms with Gasteiger partial charge in [-0.3, -0.25) is 4.40 Å². The number of para-hydroxylation sites is 1. The Balaban J connectivity index is 1.99. The van der Waals surface area contributed by atoms with E-state index in [0.717, 1.165) is 49.6 Å². The van der Waals surface area contributed by atoms with Crippen molar-refractivity contribution in [3.63, 3.8) is 0 Å². The number of halogens is 2. The van der Waals surface area contributed by atoms with E-state index < -0.39 is 0 Å². The maximum atomic E-state index is 13.5. The molecule has 4 rings (SSSR count). The molecule has 0 aliphatic carbocycles. The van der Waals surface area contributed by atoms with E-state index in [4.69, 9.17) is 9.72 Å². The predicted molar refractivity (Wildman–Crippen MR) is 114 cm³/mol. The number of aryl methyl sites for hydroxylation is 2. The van der Waals surface area contributed by atoms with E-state index in [0.29, 0.717) is 6.42 Å². The Morgan fingerprint density at radius 1 is 1.07 bits per heavy atom. The molecule has 0 radical (unpaired) electrons. The van der Waals surface area contributed by atoms with Gasteiger partial charge in [-0.1, -0.05) is 18.2 Å². The molecule has 0 saturated heterocycles. The van der Waals surface area contributed by atoms with Gasteiger partial charge < -0.3 is 4.74 Å². The maximum absolute atomic E-state index is 13.5. The van der Waals surface area contributed by atoms with Crippen LogP contribution in [0.2, 0.25) is 0 Å². The number of rotatable bonds is 4. The summed E-state index contributed by atoms with van der Waals surface area (Å²) in [6.07, 6.45) is 0.647. The number of pyridine rings is 1. The summed E-state index contributed by atoms with van der Waals surface area (Å²) >= 11 is 3.70. The summed E-state index contributed by atoms with van der Waals surface area (Å²) in [7, 11) is 1.68. The van der Waals surface area contributed by atoms with E-state index in [1.165, 1.54) is 12.1 Å². The fourth-order valence-electron chi connectivity index (χ4n) is 3.62. The lowest BCUT2D eigenvalue weighted by Gasteiger charge is -2.13. The molecular formula is C23H20BrFN2O. The Labute approximate surface area is 171 Å². The first-order chi connectivity index (χ1) is 13.5. The number of ether oxygens (including phenoxy) is 1. The number of benzene rings is 2. The van der Waals surface area contributed by atoms with Crippen LogP contribution < -0.4 is 4.74 Å². The Hall–Kier alpha value is -2.66. The lowest BCUT2D eigenvalue weighted by atomic mass is 10.0. The van der Waals surface area contributed by atoms with E-state index >= 15 is 0 Å². The van der Waals surface area contributed by atoms with Crippen LogP contribution in [-0.2, 0) is 6.42 Å². The van der Waals surface area contributed by atoms with Crippen LogP contribution in [0.25, 0.3) is 16.9 Å². The molecule has 0 fully saturated rings. The Bertz CT molecular complexity index is 1170. The fourth-order valence-corrected chi connectivity index (χ4v) is 3.91. The van der Waals surface area contributed by atoms with Crippen LogP contribution in [0.4, 0.5) is 4.39 Å². The molecule has 3 nitrogen and oxygen atoms in total. The van der Waals surface area contributed by atoms with Crippen molar-refractivity contribution in [2.24, 2.45) is 0 Å². The highest BCUT2D eigenvalue weighted by Crippen LogP contribution is 2.33. The van der Waals surface area contributed by atoms with E-state index in [1.807, 2.05) is 18.2 Å². The van der Waals surface area contributed by atoms with Crippen molar-refractivity contribution < 1.29 is 9.13 Å². The third kappa shape index (κ3) is 3.20. The highest BCUT2D eigenvalue weighted by Gasteiger charge is 2.19. The molecule has 0 atom stereocenters. The molecule has 2 aromatic carbocycles. The van der Waals surface area contributed by atoms with Gasteiger partial charge in [-0.15, -0.1) is 0 Å². The Morgan fingerprint density at radius 2 is 1.79 bits per heavy atom. The lowest BCUT2D eigenvalue weighted by Crippen LogP contribution is -2.03. The van der Waals surface area contributed by atoms with Gasteiger partial charge in [0.1, 0.15) is 17.2 Å². The van der Waals surface area contributed by atoms with Crippen LogP contribution in [0.3, 0.4) is 0 Å². The number of hydrogen-bond acceptors (Lipinski definition) is 2. The number of methoxy groups -OCH3 is 1. The standard InChI is InChI=1S/C23H20BrFN2O/c1-14-12-21-26-23(16-8-10-18(25)11-9-16)19(27(21)15(2)22(14)24)13-17-6-4-5-7-20(17)28-3/h4-12H,13H2,1-3H3. The number of nitrogens with zero attached hydrogens (tertiary/aromatic N) is 2. The van der Waals surface area contributed by atoms with Crippen molar-refractivity contribution in [1.29, 1.82) is 0 Å². The monoisotopic (exact) mass is 438 g/mol. The van der Waals surface area contributed by atoms with Gasteiger partial charge in [0.15, 0.2) is 0 Å². The molecular weight excluding hydrogens is 419 g/mol. The summed E-state index contributed by atoms with van der Waals surface area (Å²) in [5.74, 6) is 0.583. The molecule has 2 aromatic heterocycles. The van der Waals surface area contributed by atoms with Gasteiger partial charge in [-0.25, -0.2) is 9.37 Å². The molecule has 0 spiro atoms. The summed E-state index contributed by atoms with van der Waals surface area (Å²) in [4.78, 5) is 4.91. The average molecular weight is 439 g/mol. The smallest absolute Gasteiger partial charge is 0.138 e. The summed E-state index contributed by atoms with van der Waals surface area (Å²) in [6.45, 7) is 4.13. The summed E-state index contributed by atoms with van der Waals surface area (Å²) in [5, 5.41) is 0. The van der Waals surface area contributed by atoms with E-state index in [9.17, 15) is 4.39 Å². The highest BCUT2D eigenvalue weighted by atomic mass is 79.9. The molecule has 142 valence electrons. The molecule has 0 amide bonds. The SMILES string of the molecule is COc1ccccc1Cc1c(-c2ccc(F)cc2)nc2cc(C)c(Br)c(C)n12. The van der Waals surface area contributed by atoms with Crippen molar-refractivity contribution in [1.82, 2.24) is 9.38 Å². The lowest BCUT2D eigenvalue weighted by molar-refractivity contribution is 0.410. The maximum Gasteiger partial charge on any atom is 0.138 e. The van der Waals surface area contributed by atoms with Crippen LogP contribution in [0.1, 0.15) is 22.5 Å². The molecule has 0 aliphatic heterocycles. The van der Waals surface area contributed by atoms with Crippen molar-refractivity contribution in [3.8, 4) is 17.0 Å². The molecule has 0 N–H and O–H groups in total. The zero-order valence-corrected chi connectivity index (χ0v) is 17.5. The number of hydrogen-bond donors (Lipinski definition) is 0. The largest absolute Gasteiger partial charge is 0.496 e. The molecule has 0 saturated carbocycles. The van der Waals surface area contributed by atoms with Gasteiger partial charge in [-0.2, -0.15) is 0 Å². The van der Waals surface area contributed by atoms with Crippen molar-refractivity contribution >= 4 is 21.6 Å². The Morgan fingerprint density at radius 3 is 2.50 bits per heavy atom. The van der Waals surface area contributed by atoms with Gasteiger partial charge in [0.05, 0.1) is 18.5 Å². The minimum Gasteiger partial charge on any atom is -0.496 e. The van der Waals surface area contributed by atoms with Crippen molar-refractivity contribution in [3.05, 3.63) is 87.4 Å². The first-order valence-corrected chi connectivity index (χ1v) is 9.83. The molecule has 0 bridgehead atoms. The van der Waals surface area contributed by atoms with E-state index in [1.54, 1.807) is 19.2 Å². The zero-order valence-electron chi connectivity index (χ0n) is 16.0. The molecule has 2 heterocycles. The molecule has 28 heavy (non-hydrogen) atoms. The van der Waals surface area contributed by atoms with Gasteiger partial charge in [-0.05, 0) is 71.7 Å². The molecule has 5 heteroatoms. The van der Waals surface area contributed by atoms with Crippen molar-refractivity contribution in [2.45, 2.75) is 20.3 Å². The number of imidazole rings is 1. The van der Waals surface area contributed by atoms with Crippen LogP contribution in [0.5, 0.6) is 5.75 Å². The first kappa shape index (κ1) is 18.7. The van der Waals surface area contributed by atoms with Crippen LogP contribution in [0, 0.1) is 19.7 Å². The minimum absolute atomic E-state index is 0.256. The summed E-state index contributed by atoms with van der Waals surface area (Å²) in [5.41, 5.74) is 6.96. The Kier molecular flexibility index (Phi) is 4.94. The van der Waals surface area contributed by atoms with Gasteiger partial charge in [0.25, 0.3) is 0 Å². The second-order valence-electron chi connectivity index (χ2n) is 6.82. The molecule has 0 unspecified atom stereocenters. The number of aromatic nitrogens is 2. The van der Waals surface area contributed by atoms with Gasteiger partial charge >= 0.3 is 0 Å². The summed E-state index contributed by atoms with van der Waals surface area (Å²) < 4.78 is 22.3. The first-order valence-electron chi connectivity index (χ1n) is 9.04. The van der Waals surface area contributed by atoms with Crippen LogP contribution in [0.15, 0.2) is 59.1 Å². The van der Waals surface area contributed by atoms with Crippen LogP contribution in [-0.4, -0.2) is 16.5 Å². The van der Waals surface area contributed by atoms with E-state index in [-0.39, 0.29) is 5.82 Å². The highest BCUT2D eigenvalue weighted by molar-refractivity contribution is 9.10. The van der Waals surface area contributed by atoms with E-state index in [2.05, 4.69) is 46.3 Å². The fraction of sp³-hybridized carbons (Fsp3) is 0.174. The molecule has 4 aromatic rings. The average Bonchev–Trinajstić information content (AvgIpc) is 3.05. The minimum atomic E-state index is -0.256. The normalized spacial score (nSPS) is 11.2. The second kappa shape index (κ2) is 7.40. The molecule has 0 aliphatic rings. The summed E-state index contributed by atoms with van der Waals surface area (Å²) in [6, 6.07) is 16.6. The third-order valence-electron chi connectivity index (χ3n) is 5.01. The second-order valence-corrected chi connectivity index (χ2v) is 7.62. The van der Waals surface area contributed by atoms with Gasteiger partial charge in [0.2, 0.25) is 0 Å². The zero-order chi connectivity index (χ0) is 19.8. The number of fused-ring (bicyclic) bond motifs is 1. The third-order valence-corrected chi connectivity index (χ3v) is 6.21. The van der Waals surface area contributed by atoms with Crippen LogP contribution >= 0.6 is 15.9 Å². The topological polar surface area (TPSA) is 26.5 Å². The van der Waals surface area contributed by atoms with Gasteiger partial charge in [0, 0.05) is 27.7 Å². The quantitative estimate of drug-likeness (QED) is 0.383. The predicted octanol–water partition coefficient (Wildman–Crippen LogP) is 6.12. The van der Waals surface area contributed by atoms with Crippen molar-refractivity contribution in [2.75, 3.05) is 7.11 Å².